The average molecular weight is 589 g/mol. The minimum atomic E-state index is -0.472. The Balaban J connectivity index is 1.72. The van der Waals surface area contributed by atoms with Crippen LogP contribution >= 0.6 is 0 Å². The molecule has 0 atom stereocenters. The molecule has 10 nitrogen and oxygen atoms in total. The van der Waals surface area contributed by atoms with Crippen molar-refractivity contribution in [1.29, 1.82) is 0 Å². The first-order valence-electron chi connectivity index (χ1n) is 15.7. The predicted molar refractivity (Wildman–Crippen MR) is 164 cm³/mol. The number of nitrogens with zero attached hydrogens (tertiary/aromatic N) is 6. The first-order chi connectivity index (χ1) is 19.0. The van der Waals surface area contributed by atoms with Gasteiger partial charge in [-0.25, -0.2) is 0 Å². The van der Waals surface area contributed by atoms with Crippen LogP contribution in [0.15, 0.2) is 0 Å². The number of piperidine rings is 3. The number of aromatic nitrogens is 3. The van der Waals surface area contributed by atoms with E-state index in [-0.39, 0.29) is 52.3 Å². The van der Waals surface area contributed by atoms with Gasteiger partial charge in [-0.3, -0.25) is 4.79 Å². The van der Waals surface area contributed by atoms with Crippen molar-refractivity contribution in [3.8, 4) is 12.0 Å². The molecular formula is C32H56N6O4. The highest BCUT2D eigenvalue weighted by molar-refractivity contribution is 5.75. The molecule has 0 aliphatic carbocycles. The van der Waals surface area contributed by atoms with Gasteiger partial charge in [0.15, 0.2) is 0 Å². The molecule has 1 N–H and O–H groups in total. The molecule has 3 saturated heterocycles. The molecule has 0 saturated carbocycles. The third-order valence-electron chi connectivity index (χ3n) is 9.70. The maximum atomic E-state index is 12.6. The highest BCUT2D eigenvalue weighted by Gasteiger charge is 2.49. The highest BCUT2D eigenvalue weighted by Crippen LogP contribution is 2.43. The molecule has 1 aromatic heterocycles. The second kappa shape index (κ2) is 10.5. The molecule has 238 valence electrons. The van der Waals surface area contributed by atoms with Crippen molar-refractivity contribution < 1.29 is 19.5 Å². The van der Waals surface area contributed by atoms with Crippen LogP contribution in [0.5, 0.6) is 12.0 Å². The monoisotopic (exact) mass is 588 g/mol. The first-order valence-corrected chi connectivity index (χ1v) is 15.7. The number of hydrogen-bond donors (Lipinski definition) is 1. The maximum Gasteiger partial charge on any atom is 0.324 e. The van der Waals surface area contributed by atoms with Crippen LogP contribution in [0.25, 0.3) is 0 Å². The van der Waals surface area contributed by atoms with Crippen LogP contribution < -0.4 is 14.4 Å². The van der Waals surface area contributed by atoms with Gasteiger partial charge in [-0.15, -0.1) is 4.98 Å². The van der Waals surface area contributed by atoms with E-state index < -0.39 is 11.1 Å². The van der Waals surface area contributed by atoms with Gasteiger partial charge in [0.05, 0.1) is 0 Å². The Labute approximate surface area is 253 Å². The SMILES string of the molecule is CC(=O)N1C(C)(C)CC(Oc2nc(OC3CC(C)(C)N(O)C(C)(C)C3)nc(N3C(C)(C)CCCC3(C)C)n2)CC1(C)C. The molecular weight excluding hydrogens is 532 g/mol. The lowest BCUT2D eigenvalue weighted by Gasteiger charge is -2.54. The van der Waals surface area contributed by atoms with Crippen molar-refractivity contribution in [2.75, 3.05) is 4.90 Å². The number of carbonyl (C=O) groups excluding carboxylic acids is 1. The average Bonchev–Trinajstić information content (AvgIpc) is 2.73. The fourth-order valence-corrected chi connectivity index (χ4v) is 8.76. The van der Waals surface area contributed by atoms with Gasteiger partial charge in [-0.05, 0) is 102 Å². The van der Waals surface area contributed by atoms with Crippen molar-refractivity contribution in [2.24, 2.45) is 0 Å². The van der Waals surface area contributed by atoms with Gasteiger partial charge in [0, 0.05) is 65.8 Å². The lowest BCUT2D eigenvalue weighted by molar-refractivity contribution is -0.255. The molecule has 0 unspecified atom stereocenters. The Morgan fingerprint density at radius 2 is 1.05 bits per heavy atom. The van der Waals surface area contributed by atoms with Crippen LogP contribution in [0.4, 0.5) is 5.95 Å². The van der Waals surface area contributed by atoms with E-state index in [9.17, 15) is 10.0 Å². The lowest BCUT2D eigenvalue weighted by atomic mass is 9.78. The van der Waals surface area contributed by atoms with Crippen molar-refractivity contribution in [1.82, 2.24) is 24.9 Å². The summed E-state index contributed by atoms with van der Waals surface area (Å²) in [5, 5.41) is 12.3. The van der Waals surface area contributed by atoms with E-state index in [0.29, 0.717) is 31.6 Å². The van der Waals surface area contributed by atoms with Gasteiger partial charge in [-0.1, -0.05) is 0 Å². The van der Waals surface area contributed by atoms with Crippen LogP contribution in [-0.2, 0) is 4.79 Å². The highest BCUT2D eigenvalue weighted by atomic mass is 16.5. The van der Waals surface area contributed by atoms with E-state index in [0.717, 1.165) is 19.3 Å². The van der Waals surface area contributed by atoms with Crippen molar-refractivity contribution in [3.05, 3.63) is 0 Å². The third kappa shape index (κ3) is 6.35. The Hall–Kier alpha value is -2.20. The smallest absolute Gasteiger partial charge is 0.324 e. The summed E-state index contributed by atoms with van der Waals surface area (Å²) in [6, 6.07) is 0.494. The number of anilines is 1. The summed E-state index contributed by atoms with van der Waals surface area (Å²) in [5.41, 5.74) is -2.05. The summed E-state index contributed by atoms with van der Waals surface area (Å²) >= 11 is 0. The Morgan fingerprint density at radius 3 is 1.43 bits per heavy atom. The van der Waals surface area contributed by atoms with E-state index >= 15 is 0 Å². The zero-order valence-corrected chi connectivity index (χ0v) is 28.5. The van der Waals surface area contributed by atoms with Gasteiger partial charge < -0.3 is 24.5 Å². The van der Waals surface area contributed by atoms with E-state index in [1.165, 1.54) is 5.06 Å². The zero-order valence-electron chi connectivity index (χ0n) is 28.5. The topological polar surface area (TPSA) is 104 Å². The fourth-order valence-electron chi connectivity index (χ4n) is 8.76. The summed E-state index contributed by atoms with van der Waals surface area (Å²) in [4.78, 5) is 31.4. The van der Waals surface area contributed by atoms with E-state index in [1.54, 1.807) is 6.92 Å². The van der Waals surface area contributed by atoms with Crippen molar-refractivity contribution in [3.63, 3.8) is 0 Å². The molecule has 42 heavy (non-hydrogen) atoms. The normalized spacial score (nSPS) is 27.0. The Bertz CT molecular complexity index is 1130. The maximum absolute atomic E-state index is 12.6. The number of hydrogen-bond acceptors (Lipinski definition) is 9. The molecule has 4 heterocycles. The zero-order chi connectivity index (χ0) is 31.7. The number of carbonyl (C=O) groups is 1. The van der Waals surface area contributed by atoms with Crippen LogP contribution in [-0.4, -0.2) is 81.5 Å². The minimum Gasteiger partial charge on any atom is -0.460 e. The van der Waals surface area contributed by atoms with Gasteiger partial charge in [0.2, 0.25) is 11.9 Å². The molecule has 3 aliphatic rings. The molecule has 3 aliphatic heterocycles. The van der Waals surface area contributed by atoms with Crippen molar-refractivity contribution in [2.45, 2.75) is 180 Å². The van der Waals surface area contributed by atoms with Gasteiger partial charge >= 0.3 is 12.0 Å². The molecule has 10 heteroatoms. The third-order valence-corrected chi connectivity index (χ3v) is 9.70. The Morgan fingerprint density at radius 1 is 0.667 bits per heavy atom. The summed E-state index contributed by atoms with van der Waals surface area (Å²) in [6.07, 6.45) is 5.36. The summed E-state index contributed by atoms with van der Waals surface area (Å²) in [6.45, 7) is 27.0. The predicted octanol–water partition coefficient (Wildman–Crippen LogP) is 6.16. The minimum absolute atomic E-state index is 0.0657. The standard InChI is InChI=1S/C32H56N6O4/c1-21(39)36-29(6,7)17-22(18-30(36,8)9)41-25-33-24(37-27(2,3)15-14-16-28(37,4)5)34-26(35-25)42-23-19-31(10,11)38(40)32(12,13)20-23/h22-23,40H,14-20H2,1-13H3. The van der Waals surface area contributed by atoms with Crippen LogP contribution in [0.1, 0.15) is 135 Å². The molecule has 0 spiro atoms. The summed E-state index contributed by atoms with van der Waals surface area (Å²) in [7, 11) is 0. The van der Waals surface area contributed by atoms with Gasteiger partial charge in [-0.2, -0.15) is 15.0 Å². The summed E-state index contributed by atoms with van der Waals surface area (Å²) < 4.78 is 13.1. The molecule has 1 amide bonds. The van der Waals surface area contributed by atoms with Gasteiger partial charge in [0.25, 0.3) is 0 Å². The number of likely N-dealkylation sites (tertiary alicyclic amines) is 1. The molecule has 3 fully saturated rings. The largest absolute Gasteiger partial charge is 0.460 e. The van der Waals surface area contributed by atoms with Crippen molar-refractivity contribution >= 4 is 11.9 Å². The number of ether oxygens (including phenoxy) is 2. The second-order valence-electron chi connectivity index (χ2n) is 16.7. The molecule has 1 aromatic rings. The first kappa shape index (κ1) is 32.7. The summed E-state index contributed by atoms with van der Waals surface area (Å²) in [5.74, 6) is 0.624. The number of rotatable bonds is 5. The van der Waals surface area contributed by atoms with E-state index in [2.05, 4.69) is 60.3 Å². The number of amides is 1. The second-order valence-corrected chi connectivity index (χ2v) is 16.7. The fraction of sp³-hybridized carbons (Fsp3) is 0.875. The van der Waals surface area contributed by atoms with E-state index in [1.807, 2.05) is 32.6 Å². The van der Waals surface area contributed by atoms with Crippen LogP contribution in [0, 0.1) is 0 Å². The Kier molecular flexibility index (Phi) is 8.15. The molecule has 0 aromatic carbocycles. The lowest BCUT2D eigenvalue weighted by Crippen LogP contribution is -2.64. The van der Waals surface area contributed by atoms with Gasteiger partial charge in [0.1, 0.15) is 12.2 Å². The van der Waals surface area contributed by atoms with Crippen LogP contribution in [0.3, 0.4) is 0 Å². The quantitative estimate of drug-likeness (QED) is 0.433. The van der Waals surface area contributed by atoms with Crippen LogP contribution in [0.2, 0.25) is 0 Å². The molecule has 4 rings (SSSR count). The molecule has 0 bridgehead atoms. The number of hydroxylamine groups is 2. The molecule has 0 radical (unpaired) electrons. The van der Waals surface area contributed by atoms with E-state index in [4.69, 9.17) is 24.4 Å².